The maximum Gasteiger partial charge on any atom is 0.326 e. The second kappa shape index (κ2) is 18.6. The summed E-state index contributed by atoms with van der Waals surface area (Å²) in [6.45, 7) is 7.80. The number of amides is 2. The molecule has 0 radical (unpaired) electrons. The average Bonchev–Trinajstić information content (AvgIpc) is 3.84. The van der Waals surface area contributed by atoms with Gasteiger partial charge >= 0.3 is 11.9 Å². The Bertz CT molecular complexity index is 2080. The number of aliphatic carboxylic acids is 1. The van der Waals surface area contributed by atoms with E-state index in [-0.39, 0.29) is 46.1 Å². The van der Waals surface area contributed by atoms with Crippen LogP contribution in [-0.2, 0) is 40.2 Å². The van der Waals surface area contributed by atoms with Crippen LogP contribution in [0.15, 0.2) is 88.7 Å². The van der Waals surface area contributed by atoms with Crippen molar-refractivity contribution in [2.45, 2.75) is 137 Å². The molecule has 1 saturated carbocycles. The summed E-state index contributed by atoms with van der Waals surface area (Å²) in [5, 5.41) is 23.8. The number of carboxylic acid groups (broad SMARTS) is 1. The zero-order valence-electron chi connectivity index (χ0n) is 34.3. The van der Waals surface area contributed by atoms with Gasteiger partial charge in [0.2, 0.25) is 21.7 Å². The molecule has 13 nitrogen and oxygen atoms in total. The van der Waals surface area contributed by atoms with E-state index in [2.05, 4.69) is 5.32 Å². The van der Waals surface area contributed by atoms with Crippen molar-refractivity contribution in [1.82, 2.24) is 15.1 Å². The molecule has 3 aromatic rings. The van der Waals surface area contributed by atoms with Crippen LogP contribution in [0.3, 0.4) is 0 Å². The monoisotopic (exact) mass is 831 g/mol. The number of aliphatic hydroxyl groups excluding tert-OH is 1. The van der Waals surface area contributed by atoms with Crippen molar-refractivity contribution < 1.29 is 47.3 Å². The first-order valence-corrected chi connectivity index (χ1v) is 22.2. The third kappa shape index (κ3) is 9.66. The smallest absolute Gasteiger partial charge is 0.326 e. The lowest BCUT2D eigenvalue weighted by molar-refractivity contribution is -0.152. The highest BCUT2D eigenvalue weighted by Crippen LogP contribution is 2.45. The van der Waals surface area contributed by atoms with Gasteiger partial charge in [-0.05, 0) is 108 Å². The highest BCUT2D eigenvalue weighted by Gasteiger charge is 2.49. The van der Waals surface area contributed by atoms with Crippen molar-refractivity contribution >= 4 is 33.6 Å². The normalized spacial score (nSPS) is 24.4. The molecule has 3 aliphatic heterocycles. The summed E-state index contributed by atoms with van der Waals surface area (Å²) in [6, 6.07) is 20.0. The highest BCUT2D eigenvalue weighted by molar-refractivity contribution is 7.91. The molecule has 2 saturated heterocycles. The SMILES string of the molecule is CC1(C)Oc2ccc(S(=O)(=O)c3ccccc3)cc2[C@@H](N2CCCC2=O)[C@@H]1O.CCOC(=O)[C@H](CCc1ccccc1)N[C@@H](C)C(=O)N1[C@H](C(=O)O)C[C@H]2CCCC[C@@H]21. The number of carboxylic acids is 1. The van der Waals surface area contributed by atoms with Crippen molar-refractivity contribution in [2.24, 2.45) is 5.92 Å². The summed E-state index contributed by atoms with van der Waals surface area (Å²) < 4.78 is 37.2. The number of likely N-dealkylation sites (tertiary alicyclic amines) is 2. The van der Waals surface area contributed by atoms with Crippen molar-refractivity contribution in [3.63, 3.8) is 0 Å². The Balaban J connectivity index is 0.000000199. The van der Waals surface area contributed by atoms with Crippen LogP contribution in [0.5, 0.6) is 5.75 Å². The Labute approximate surface area is 347 Å². The number of rotatable bonds is 12. The minimum Gasteiger partial charge on any atom is -0.485 e. The summed E-state index contributed by atoms with van der Waals surface area (Å²) in [6.07, 6.45) is 5.80. The topological polar surface area (TPSA) is 180 Å². The van der Waals surface area contributed by atoms with E-state index >= 15 is 0 Å². The van der Waals surface area contributed by atoms with Gasteiger partial charge in [-0.1, -0.05) is 61.4 Å². The molecule has 7 atom stereocenters. The molecule has 3 N–H and O–H groups in total. The molecule has 0 bridgehead atoms. The van der Waals surface area contributed by atoms with E-state index in [1.54, 1.807) is 73.9 Å². The first kappa shape index (κ1) is 43.8. The van der Waals surface area contributed by atoms with Gasteiger partial charge in [0.05, 0.1) is 28.5 Å². The molecule has 4 aliphatic rings. The van der Waals surface area contributed by atoms with Gasteiger partial charge in [-0.2, -0.15) is 0 Å². The minimum absolute atomic E-state index is 0.0167. The van der Waals surface area contributed by atoms with Crippen LogP contribution in [0.25, 0.3) is 0 Å². The molecular weight excluding hydrogens is 775 g/mol. The number of fused-ring (bicyclic) bond motifs is 2. The van der Waals surface area contributed by atoms with Crippen LogP contribution in [-0.4, -0.2) is 101 Å². The van der Waals surface area contributed by atoms with Crippen LogP contribution in [0, 0.1) is 5.92 Å². The van der Waals surface area contributed by atoms with Gasteiger partial charge < -0.3 is 29.5 Å². The van der Waals surface area contributed by atoms with E-state index in [1.165, 1.54) is 12.1 Å². The number of aliphatic hydroxyl groups is 1. The van der Waals surface area contributed by atoms with Crippen LogP contribution in [0.2, 0.25) is 0 Å². The summed E-state index contributed by atoms with van der Waals surface area (Å²) in [4.78, 5) is 53.7. The number of ether oxygens (including phenoxy) is 2. The second-order valence-electron chi connectivity index (χ2n) is 16.5. The lowest BCUT2D eigenvalue weighted by Gasteiger charge is -2.45. The van der Waals surface area contributed by atoms with Crippen LogP contribution < -0.4 is 10.1 Å². The lowest BCUT2D eigenvalue weighted by atomic mass is 9.84. The third-order valence-electron chi connectivity index (χ3n) is 12.1. The number of carbonyl (C=O) groups is 4. The fraction of sp³-hybridized carbons (Fsp3) is 0.511. The Kier molecular flexibility index (Phi) is 13.8. The number of nitrogens with zero attached hydrogens (tertiary/aromatic N) is 2. The molecule has 0 spiro atoms. The molecule has 2 amide bonds. The van der Waals surface area contributed by atoms with E-state index < -0.39 is 51.7 Å². The maximum absolute atomic E-state index is 13.4. The molecule has 0 unspecified atom stereocenters. The average molecular weight is 832 g/mol. The molecule has 0 aromatic heterocycles. The number of esters is 1. The lowest BCUT2D eigenvalue weighted by Crippen LogP contribution is -2.55. The Morgan fingerprint density at radius 2 is 1.64 bits per heavy atom. The van der Waals surface area contributed by atoms with E-state index in [4.69, 9.17) is 9.47 Å². The van der Waals surface area contributed by atoms with Crippen molar-refractivity contribution in [3.8, 4) is 5.75 Å². The molecule has 3 heterocycles. The summed E-state index contributed by atoms with van der Waals surface area (Å²) >= 11 is 0. The van der Waals surface area contributed by atoms with Crippen molar-refractivity contribution in [3.05, 3.63) is 90.0 Å². The fourth-order valence-corrected chi connectivity index (χ4v) is 10.3. The van der Waals surface area contributed by atoms with Gasteiger partial charge in [-0.15, -0.1) is 0 Å². The summed E-state index contributed by atoms with van der Waals surface area (Å²) in [7, 11) is -3.72. The predicted molar refractivity (Wildman–Crippen MR) is 219 cm³/mol. The molecular formula is C45H57N3O10S. The van der Waals surface area contributed by atoms with Gasteiger partial charge in [0.1, 0.15) is 29.5 Å². The number of hydrogen-bond donors (Lipinski definition) is 3. The van der Waals surface area contributed by atoms with E-state index in [9.17, 15) is 37.8 Å². The predicted octanol–water partition coefficient (Wildman–Crippen LogP) is 5.49. The molecule has 7 rings (SSSR count). The van der Waals surface area contributed by atoms with Crippen LogP contribution >= 0.6 is 0 Å². The quantitative estimate of drug-likeness (QED) is 0.197. The third-order valence-corrected chi connectivity index (χ3v) is 13.8. The van der Waals surface area contributed by atoms with Crippen LogP contribution in [0.1, 0.15) is 96.2 Å². The number of carbonyl (C=O) groups excluding carboxylic acids is 3. The van der Waals surface area contributed by atoms with Gasteiger partial charge in [0, 0.05) is 24.6 Å². The Morgan fingerprint density at radius 3 is 2.29 bits per heavy atom. The van der Waals surface area contributed by atoms with Crippen LogP contribution in [0.4, 0.5) is 0 Å². The molecule has 3 aromatic carbocycles. The van der Waals surface area contributed by atoms with Crippen molar-refractivity contribution in [1.29, 1.82) is 0 Å². The molecule has 14 heteroatoms. The molecule has 1 aliphatic carbocycles. The molecule has 3 fully saturated rings. The highest BCUT2D eigenvalue weighted by atomic mass is 32.2. The largest absolute Gasteiger partial charge is 0.485 e. The molecule has 59 heavy (non-hydrogen) atoms. The zero-order valence-corrected chi connectivity index (χ0v) is 35.1. The zero-order chi connectivity index (χ0) is 42.5. The maximum atomic E-state index is 13.4. The standard InChI is InChI=1S/C24H34N2O5.C21H23NO5S/c1-3-31-24(30)19(14-13-17-9-5-4-6-10-17)25-16(2)22(27)26-20-12-8-7-11-18(20)15-21(26)23(28)29;1-21(2)20(24)19(22-12-6-9-18(22)23)16-13-15(10-11-17(16)27-21)28(25,26)14-7-4-3-5-8-14/h4-6,9-10,16,18-21,25H,3,7-8,11-15H2,1-2H3,(H,28,29);3-5,7-8,10-11,13,19-20,24H,6,9,12H2,1-2H3/t16-,18+,19-,20-,21-;19-,20+/m01/s1. The fourth-order valence-electron chi connectivity index (χ4n) is 9.01. The van der Waals surface area contributed by atoms with E-state index in [0.29, 0.717) is 43.5 Å². The second-order valence-corrected chi connectivity index (χ2v) is 18.4. The van der Waals surface area contributed by atoms with Crippen molar-refractivity contribution in [2.75, 3.05) is 13.2 Å². The van der Waals surface area contributed by atoms with Gasteiger partial charge in [-0.3, -0.25) is 19.7 Å². The van der Waals surface area contributed by atoms with E-state index in [0.717, 1.165) is 37.7 Å². The molecule has 318 valence electrons. The summed E-state index contributed by atoms with van der Waals surface area (Å²) in [5.74, 6) is -0.859. The first-order chi connectivity index (χ1) is 28.1. The number of benzene rings is 3. The number of aryl methyl sites for hydroxylation is 1. The minimum atomic E-state index is -3.72. The Morgan fingerprint density at radius 1 is 0.966 bits per heavy atom. The van der Waals surface area contributed by atoms with E-state index in [1.807, 2.05) is 30.3 Å². The number of sulfone groups is 1. The summed E-state index contributed by atoms with van der Waals surface area (Å²) in [5.41, 5.74) is 0.729. The first-order valence-electron chi connectivity index (χ1n) is 20.8. The Hall–Kier alpha value is -4.79. The number of nitrogens with one attached hydrogen (secondary N) is 1. The van der Waals surface area contributed by atoms with Gasteiger partial charge in [0.25, 0.3) is 0 Å². The number of hydrogen-bond acceptors (Lipinski definition) is 10. The van der Waals surface area contributed by atoms with Gasteiger partial charge in [-0.25, -0.2) is 13.2 Å². The van der Waals surface area contributed by atoms with Gasteiger partial charge in [0.15, 0.2) is 0 Å².